The van der Waals surface area contributed by atoms with Crippen molar-refractivity contribution in [3.8, 4) is 6.07 Å². The number of hydrogen-bond donors (Lipinski definition) is 4. The molecule has 0 aromatic rings. The molecule has 9 nitrogen and oxygen atoms in total. The van der Waals surface area contributed by atoms with E-state index in [1.165, 1.54) is 0 Å². The molecule has 2 heterocycles. The van der Waals surface area contributed by atoms with Crippen LogP contribution < -0.4 is 0 Å². The number of aliphatic hydroxyl groups is 4. The van der Waals surface area contributed by atoms with Crippen LogP contribution in [0.3, 0.4) is 0 Å². The number of fused-ring (bicyclic) bond motifs is 5. The lowest BCUT2D eigenvalue weighted by molar-refractivity contribution is -0.284. The Bertz CT molecular complexity index is 1050. The van der Waals surface area contributed by atoms with E-state index < -0.39 is 46.6 Å². The molecule has 0 radical (unpaired) electrons. The van der Waals surface area contributed by atoms with Gasteiger partial charge in [-0.05, 0) is 81.6 Å². The molecule has 4 aliphatic carbocycles. The summed E-state index contributed by atoms with van der Waals surface area (Å²) in [6.07, 6.45) is 3.63. The van der Waals surface area contributed by atoms with Gasteiger partial charge in [0.25, 0.3) is 0 Å². The second kappa shape index (κ2) is 8.98. The van der Waals surface area contributed by atoms with Gasteiger partial charge in [-0.25, -0.2) is 4.79 Å². The maximum absolute atomic E-state index is 12.4. The minimum atomic E-state index is -1.24. The number of ether oxygens (including phenoxy) is 3. The first-order chi connectivity index (χ1) is 18.0. The maximum atomic E-state index is 12.4. The molecule has 4 saturated carbocycles. The van der Waals surface area contributed by atoms with Crippen LogP contribution in [-0.4, -0.2) is 74.9 Å². The minimum Gasteiger partial charge on any atom is -0.458 e. The largest absolute Gasteiger partial charge is 0.458 e. The monoisotopic (exact) mass is 531 g/mol. The van der Waals surface area contributed by atoms with Crippen LogP contribution in [0.5, 0.6) is 0 Å². The first-order valence-electron chi connectivity index (χ1n) is 14.4. The van der Waals surface area contributed by atoms with E-state index in [1.54, 1.807) is 13.0 Å². The quantitative estimate of drug-likeness (QED) is 0.317. The van der Waals surface area contributed by atoms with Crippen molar-refractivity contribution in [2.75, 3.05) is 6.61 Å². The summed E-state index contributed by atoms with van der Waals surface area (Å²) in [5.74, 6) is -0.449. The van der Waals surface area contributed by atoms with Crippen LogP contribution in [0.1, 0.15) is 78.1 Å². The second-order valence-corrected chi connectivity index (χ2v) is 13.2. The van der Waals surface area contributed by atoms with Gasteiger partial charge in [0.1, 0.15) is 12.7 Å². The van der Waals surface area contributed by atoms with Crippen molar-refractivity contribution >= 4 is 5.97 Å². The number of nitrogens with zero attached hydrogens (tertiary/aromatic N) is 1. The zero-order valence-electron chi connectivity index (χ0n) is 22.3. The number of cyclic esters (lactones) is 1. The third-order valence-corrected chi connectivity index (χ3v) is 11.8. The Morgan fingerprint density at radius 3 is 2.53 bits per heavy atom. The molecule has 5 fully saturated rings. The molecular weight excluding hydrogens is 490 g/mol. The first kappa shape index (κ1) is 26.7. The lowest BCUT2D eigenvalue weighted by atomic mass is 9.41. The summed E-state index contributed by atoms with van der Waals surface area (Å²) >= 11 is 0. The van der Waals surface area contributed by atoms with E-state index in [9.17, 15) is 30.5 Å². The van der Waals surface area contributed by atoms with Gasteiger partial charge in [-0.1, -0.05) is 6.92 Å². The van der Waals surface area contributed by atoms with E-state index in [0.29, 0.717) is 45.1 Å². The maximum Gasteiger partial charge on any atom is 0.331 e. The molecule has 6 aliphatic rings. The van der Waals surface area contributed by atoms with Crippen LogP contribution in [-0.2, 0) is 19.0 Å². The number of carbonyl (C=O) groups is 1. The zero-order valence-corrected chi connectivity index (χ0v) is 22.3. The first-order valence-corrected chi connectivity index (χ1v) is 14.4. The molecule has 0 spiro atoms. The van der Waals surface area contributed by atoms with Crippen molar-refractivity contribution in [2.45, 2.75) is 120 Å². The van der Waals surface area contributed by atoms with Crippen molar-refractivity contribution in [1.82, 2.24) is 0 Å². The molecule has 1 saturated heterocycles. The molecule has 2 aliphatic heterocycles. The lowest BCUT2D eigenvalue weighted by Gasteiger charge is -2.64. The summed E-state index contributed by atoms with van der Waals surface area (Å²) < 4.78 is 17.2. The van der Waals surface area contributed by atoms with Crippen molar-refractivity contribution in [3.63, 3.8) is 0 Å². The number of aliphatic hydroxyl groups excluding tert-OH is 2. The predicted octanol–water partition coefficient (Wildman–Crippen LogP) is 2.10. The normalized spacial score (nSPS) is 54.2. The van der Waals surface area contributed by atoms with E-state index >= 15 is 0 Å². The van der Waals surface area contributed by atoms with Crippen molar-refractivity contribution in [2.24, 2.45) is 28.6 Å². The minimum absolute atomic E-state index is 0.0784. The van der Waals surface area contributed by atoms with Gasteiger partial charge in [0.15, 0.2) is 6.29 Å². The van der Waals surface area contributed by atoms with Gasteiger partial charge in [0, 0.05) is 24.3 Å². The van der Waals surface area contributed by atoms with E-state index in [0.717, 1.165) is 24.8 Å². The molecule has 12 atom stereocenters. The fourth-order valence-electron chi connectivity index (χ4n) is 9.69. The standard InChI is InChI=1S/C29H41NO8/c1-16-25(33)22(31)12-24(37-16)38-18-3-8-27(15-30)20-4-7-26(2)19(17-11-23(32)36-14-17)6-10-29(26,35)21(20)5-9-28(27,34)13-18/h11,16,18-22,24-25,31,33-35H,3-10,12-14H2,1-2H3/t16-,18-,19+,20+,21-,22+,24+,25-,26-,27+,28+,29+/m1/s1. The summed E-state index contributed by atoms with van der Waals surface area (Å²) in [6, 6.07) is 2.59. The molecule has 0 amide bonds. The average Bonchev–Trinajstić information content (AvgIpc) is 3.41. The molecule has 38 heavy (non-hydrogen) atoms. The Labute approximate surface area is 223 Å². The van der Waals surface area contributed by atoms with E-state index in [2.05, 4.69) is 13.0 Å². The Morgan fingerprint density at radius 2 is 1.84 bits per heavy atom. The predicted molar refractivity (Wildman–Crippen MR) is 133 cm³/mol. The third kappa shape index (κ3) is 3.60. The van der Waals surface area contributed by atoms with Crippen LogP contribution in [0, 0.1) is 39.9 Å². The molecule has 9 heteroatoms. The highest BCUT2D eigenvalue weighted by Gasteiger charge is 2.72. The van der Waals surface area contributed by atoms with Crippen molar-refractivity contribution in [1.29, 1.82) is 5.26 Å². The van der Waals surface area contributed by atoms with Gasteiger partial charge in [-0.15, -0.1) is 0 Å². The number of esters is 1. The number of rotatable bonds is 3. The van der Waals surface area contributed by atoms with Crippen molar-refractivity contribution in [3.05, 3.63) is 11.6 Å². The van der Waals surface area contributed by atoms with Crippen LogP contribution in [0.2, 0.25) is 0 Å². The number of nitriles is 1. The van der Waals surface area contributed by atoms with Gasteiger partial charge in [0.05, 0.1) is 41.0 Å². The fraction of sp³-hybridized carbons (Fsp3) is 0.862. The summed E-state index contributed by atoms with van der Waals surface area (Å²) in [4.78, 5) is 11.8. The van der Waals surface area contributed by atoms with Gasteiger partial charge in [-0.2, -0.15) is 5.26 Å². The van der Waals surface area contributed by atoms with E-state index in [1.807, 2.05) is 0 Å². The highest BCUT2D eigenvalue weighted by atomic mass is 16.7. The average molecular weight is 532 g/mol. The highest BCUT2D eigenvalue weighted by molar-refractivity contribution is 5.85. The van der Waals surface area contributed by atoms with Crippen LogP contribution in [0.25, 0.3) is 0 Å². The SMILES string of the molecule is C[C@H]1O[C@@H](O[C@@H]2CC[C@]3(C#N)[C@H]4CC[C@]5(C)[C@H](C6=CC(=O)OC6)CC[C@]5(O)[C@@H]4CC[C@]3(O)C2)C[C@H](O)[C@@H]1O. The van der Waals surface area contributed by atoms with Gasteiger partial charge in [-0.3, -0.25) is 0 Å². The molecular formula is C29H41NO8. The zero-order chi connectivity index (χ0) is 27.1. The molecule has 0 unspecified atom stereocenters. The molecule has 6 rings (SSSR count). The highest BCUT2D eigenvalue weighted by Crippen LogP contribution is 2.70. The van der Waals surface area contributed by atoms with Gasteiger partial charge >= 0.3 is 5.97 Å². The second-order valence-electron chi connectivity index (χ2n) is 13.2. The summed E-state index contributed by atoms with van der Waals surface area (Å²) in [6.45, 7) is 4.14. The van der Waals surface area contributed by atoms with E-state index in [4.69, 9.17) is 14.2 Å². The number of carbonyl (C=O) groups excluding carboxylic acids is 1. The fourth-order valence-corrected chi connectivity index (χ4v) is 9.69. The van der Waals surface area contributed by atoms with Crippen molar-refractivity contribution < 1.29 is 39.4 Å². The Kier molecular flexibility index (Phi) is 6.31. The van der Waals surface area contributed by atoms with Gasteiger partial charge in [0.2, 0.25) is 0 Å². The third-order valence-electron chi connectivity index (χ3n) is 11.8. The summed E-state index contributed by atoms with van der Waals surface area (Å²) in [7, 11) is 0. The Balaban J connectivity index is 1.22. The molecule has 0 aromatic heterocycles. The van der Waals surface area contributed by atoms with E-state index in [-0.39, 0.29) is 36.2 Å². The summed E-state index contributed by atoms with van der Waals surface area (Å²) in [5.41, 5.74) is -2.59. The molecule has 0 bridgehead atoms. The molecule has 4 N–H and O–H groups in total. The van der Waals surface area contributed by atoms with Crippen LogP contribution in [0.15, 0.2) is 11.6 Å². The lowest BCUT2D eigenvalue weighted by Crippen LogP contribution is -2.68. The Hall–Kier alpha value is -1.54. The Morgan fingerprint density at radius 1 is 1.08 bits per heavy atom. The molecule has 0 aromatic carbocycles. The smallest absolute Gasteiger partial charge is 0.331 e. The molecule has 210 valence electrons. The number of hydrogen-bond acceptors (Lipinski definition) is 9. The van der Waals surface area contributed by atoms with Gasteiger partial charge < -0.3 is 34.6 Å². The van der Waals surface area contributed by atoms with Crippen LogP contribution in [0.4, 0.5) is 0 Å². The summed E-state index contributed by atoms with van der Waals surface area (Å²) in [5, 5.41) is 55.2. The topological polar surface area (TPSA) is 149 Å². The van der Waals surface area contributed by atoms with Crippen LogP contribution >= 0.6 is 0 Å².